The molecule has 0 aromatic carbocycles. The minimum atomic E-state index is -4.50. The summed E-state index contributed by atoms with van der Waals surface area (Å²) in [6, 6.07) is 0.845. The molecule has 0 atom stereocenters. The Labute approximate surface area is 108 Å². The molecule has 9 heteroatoms. The molecule has 96 valence electrons. The van der Waals surface area contributed by atoms with Crippen molar-refractivity contribution in [2.75, 3.05) is 7.11 Å². The summed E-state index contributed by atoms with van der Waals surface area (Å²) in [5.74, 6) is 0.203. The molecular formula is C9H6BrF3N4O. The van der Waals surface area contributed by atoms with Gasteiger partial charge >= 0.3 is 6.18 Å². The van der Waals surface area contributed by atoms with E-state index in [1.54, 1.807) is 0 Å². The predicted molar refractivity (Wildman–Crippen MR) is 58.4 cm³/mol. The van der Waals surface area contributed by atoms with Gasteiger partial charge in [-0.05, 0) is 22.0 Å². The van der Waals surface area contributed by atoms with Crippen LogP contribution in [0.4, 0.5) is 13.2 Å². The van der Waals surface area contributed by atoms with Crippen molar-refractivity contribution in [2.24, 2.45) is 0 Å². The largest absolute Gasteiger partial charge is 0.480 e. The van der Waals surface area contributed by atoms with Gasteiger partial charge in [-0.1, -0.05) is 0 Å². The Morgan fingerprint density at radius 3 is 2.67 bits per heavy atom. The van der Waals surface area contributed by atoms with Gasteiger partial charge in [0, 0.05) is 6.20 Å². The molecule has 0 aliphatic carbocycles. The number of aromatic nitrogens is 4. The SMILES string of the molecule is COc1nc(-n2ccc(C(F)(F)F)n2)ncc1Br. The molecular weight excluding hydrogens is 317 g/mol. The van der Waals surface area contributed by atoms with Crippen molar-refractivity contribution < 1.29 is 17.9 Å². The fourth-order valence-electron chi connectivity index (χ4n) is 1.18. The van der Waals surface area contributed by atoms with Crippen LogP contribution in [0.25, 0.3) is 5.95 Å². The standard InChI is InChI=1S/C9H6BrF3N4O/c1-18-7-5(10)4-14-8(15-7)17-3-2-6(16-17)9(11,12)13/h2-4H,1H3. The lowest BCUT2D eigenvalue weighted by molar-refractivity contribution is -0.141. The fourth-order valence-corrected chi connectivity index (χ4v) is 1.54. The molecule has 0 saturated heterocycles. The van der Waals surface area contributed by atoms with E-state index in [4.69, 9.17) is 4.74 Å². The zero-order chi connectivity index (χ0) is 13.3. The smallest absolute Gasteiger partial charge is 0.435 e. The van der Waals surface area contributed by atoms with E-state index < -0.39 is 11.9 Å². The highest BCUT2D eigenvalue weighted by Gasteiger charge is 2.33. The number of rotatable bonds is 2. The molecule has 5 nitrogen and oxygen atoms in total. The normalized spacial score (nSPS) is 11.6. The molecule has 2 rings (SSSR count). The number of methoxy groups -OCH3 is 1. The Hall–Kier alpha value is -1.64. The van der Waals surface area contributed by atoms with Crippen molar-refractivity contribution in [3.05, 3.63) is 28.6 Å². The number of hydrogen-bond acceptors (Lipinski definition) is 4. The molecule has 0 amide bonds. The summed E-state index contributed by atoms with van der Waals surface area (Å²) in [6.07, 6.45) is -1.99. The van der Waals surface area contributed by atoms with E-state index in [0.29, 0.717) is 4.47 Å². The van der Waals surface area contributed by atoms with Crippen LogP contribution in [0.1, 0.15) is 5.69 Å². The zero-order valence-corrected chi connectivity index (χ0v) is 10.5. The van der Waals surface area contributed by atoms with Gasteiger partial charge in [-0.25, -0.2) is 9.67 Å². The van der Waals surface area contributed by atoms with E-state index in [9.17, 15) is 13.2 Å². The van der Waals surface area contributed by atoms with Crippen molar-refractivity contribution in [1.29, 1.82) is 0 Å². The Balaban J connectivity index is 2.40. The van der Waals surface area contributed by atoms with Crippen LogP contribution in [0.2, 0.25) is 0 Å². The number of ether oxygens (including phenoxy) is 1. The van der Waals surface area contributed by atoms with Crippen LogP contribution in [-0.2, 0) is 6.18 Å². The molecule has 0 radical (unpaired) electrons. The van der Waals surface area contributed by atoms with Crippen molar-refractivity contribution in [3.63, 3.8) is 0 Å². The first kappa shape index (κ1) is 12.8. The zero-order valence-electron chi connectivity index (χ0n) is 8.94. The Bertz CT molecular complexity index is 569. The third-order valence-electron chi connectivity index (χ3n) is 1.98. The average Bonchev–Trinajstić information content (AvgIpc) is 2.78. The first-order chi connectivity index (χ1) is 8.41. The Morgan fingerprint density at radius 2 is 2.11 bits per heavy atom. The third-order valence-corrected chi connectivity index (χ3v) is 2.52. The van der Waals surface area contributed by atoms with Crippen molar-refractivity contribution in [2.45, 2.75) is 6.18 Å². The second-order valence-corrected chi connectivity index (χ2v) is 4.02. The van der Waals surface area contributed by atoms with Gasteiger partial charge < -0.3 is 4.74 Å². The van der Waals surface area contributed by atoms with E-state index >= 15 is 0 Å². The van der Waals surface area contributed by atoms with Gasteiger partial charge in [-0.3, -0.25) is 0 Å². The molecule has 0 aliphatic rings. The second kappa shape index (κ2) is 4.56. The van der Waals surface area contributed by atoms with Crippen LogP contribution >= 0.6 is 15.9 Å². The van der Waals surface area contributed by atoms with Gasteiger partial charge in [0.1, 0.15) is 0 Å². The average molecular weight is 323 g/mol. The molecule has 0 bridgehead atoms. The summed E-state index contributed by atoms with van der Waals surface area (Å²) in [6.45, 7) is 0. The first-order valence-corrected chi connectivity index (χ1v) is 5.41. The van der Waals surface area contributed by atoms with Crippen molar-refractivity contribution >= 4 is 15.9 Å². The van der Waals surface area contributed by atoms with Gasteiger partial charge in [-0.2, -0.15) is 23.3 Å². The summed E-state index contributed by atoms with van der Waals surface area (Å²) in [7, 11) is 1.39. The van der Waals surface area contributed by atoms with Crippen molar-refractivity contribution in [1.82, 2.24) is 19.7 Å². The van der Waals surface area contributed by atoms with Crippen LogP contribution in [0.5, 0.6) is 5.88 Å². The molecule has 0 saturated carbocycles. The summed E-state index contributed by atoms with van der Waals surface area (Å²) < 4.78 is 43.5. The van der Waals surface area contributed by atoms with E-state index in [1.165, 1.54) is 13.3 Å². The second-order valence-electron chi connectivity index (χ2n) is 3.17. The van der Waals surface area contributed by atoms with Gasteiger partial charge in [0.15, 0.2) is 5.69 Å². The summed E-state index contributed by atoms with van der Waals surface area (Å²) >= 11 is 3.14. The van der Waals surface area contributed by atoms with Crippen LogP contribution in [0.3, 0.4) is 0 Å². The molecule has 2 heterocycles. The molecule has 2 aromatic rings. The topological polar surface area (TPSA) is 52.8 Å². The Morgan fingerprint density at radius 1 is 1.39 bits per heavy atom. The summed E-state index contributed by atoms with van der Waals surface area (Å²) in [4.78, 5) is 7.76. The summed E-state index contributed by atoms with van der Waals surface area (Å²) in [5.41, 5.74) is -1.01. The van der Waals surface area contributed by atoms with E-state index in [0.717, 1.165) is 16.9 Å². The predicted octanol–water partition coefficient (Wildman–Crippen LogP) is 2.45. The van der Waals surface area contributed by atoms with E-state index in [1.807, 2.05) is 0 Å². The maximum Gasteiger partial charge on any atom is 0.435 e. The molecule has 0 fully saturated rings. The third kappa shape index (κ3) is 2.45. The molecule has 0 aliphatic heterocycles. The lowest BCUT2D eigenvalue weighted by Crippen LogP contribution is -2.09. The lowest BCUT2D eigenvalue weighted by Gasteiger charge is -2.04. The lowest BCUT2D eigenvalue weighted by atomic mass is 10.4. The minimum Gasteiger partial charge on any atom is -0.480 e. The molecule has 0 N–H and O–H groups in total. The highest BCUT2D eigenvalue weighted by molar-refractivity contribution is 9.10. The highest BCUT2D eigenvalue weighted by Crippen LogP contribution is 2.28. The maximum absolute atomic E-state index is 12.4. The Kier molecular flexibility index (Phi) is 3.24. The maximum atomic E-state index is 12.4. The summed E-state index contributed by atoms with van der Waals surface area (Å²) in [5, 5.41) is 3.35. The van der Waals surface area contributed by atoms with Gasteiger partial charge in [0.05, 0.1) is 17.8 Å². The highest BCUT2D eigenvalue weighted by atomic mass is 79.9. The minimum absolute atomic E-state index is 0.00875. The quantitative estimate of drug-likeness (QED) is 0.852. The van der Waals surface area contributed by atoms with Crippen LogP contribution in [0, 0.1) is 0 Å². The number of hydrogen-bond donors (Lipinski definition) is 0. The van der Waals surface area contributed by atoms with Gasteiger partial charge in [-0.15, -0.1) is 0 Å². The fraction of sp³-hybridized carbons (Fsp3) is 0.222. The van der Waals surface area contributed by atoms with Crippen molar-refractivity contribution in [3.8, 4) is 11.8 Å². The number of halogens is 4. The number of alkyl halides is 3. The molecule has 0 unspecified atom stereocenters. The monoisotopic (exact) mass is 322 g/mol. The van der Waals surface area contributed by atoms with E-state index in [-0.39, 0.29) is 11.8 Å². The molecule has 18 heavy (non-hydrogen) atoms. The molecule has 0 spiro atoms. The molecule has 2 aromatic heterocycles. The van der Waals surface area contributed by atoms with Gasteiger partial charge in [0.2, 0.25) is 5.88 Å². The van der Waals surface area contributed by atoms with Crippen LogP contribution < -0.4 is 4.74 Å². The number of nitrogens with zero attached hydrogens (tertiary/aromatic N) is 4. The van der Waals surface area contributed by atoms with Crippen LogP contribution in [-0.4, -0.2) is 26.9 Å². The first-order valence-electron chi connectivity index (χ1n) is 4.61. The van der Waals surface area contributed by atoms with E-state index in [2.05, 4.69) is 31.0 Å². The van der Waals surface area contributed by atoms with Crippen LogP contribution in [0.15, 0.2) is 22.9 Å². The van der Waals surface area contributed by atoms with Gasteiger partial charge in [0.25, 0.3) is 5.95 Å².